The van der Waals surface area contributed by atoms with Crippen molar-refractivity contribution in [1.82, 2.24) is 15.2 Å². The van der Waals surface area contributed by atoms with Gasteiger partial charge in [0.2, 0.25) is 5.91 Å². The molecule has 4 atom stereocenters. The Hall–Kier alpha value is -3.17. The maximum absolute atomic E-state index is 14.6. The van der Waals surface area contributed by atoms with Gasteiger partial charge < -0.3 is 29.7 Å². The molecular formula is C35H52N4O5. The van der Waals surface area contributed by atoms with Gasteiger partial charge >= 0.3 is 5.97 Å². The van der Waals surface area contributed by atoms with E-state index in [0.717, 1.165) is 49.0 Å². The summed E-state index contributed by atoms with van der Waals surface area (Å²) in [7, 11) is 7.12. The third-order valence-electron chi connectivity index (χ3n) is 9.69. The van der Waals surface area contributed by atoms with Crippen molar-refractivity contribution in [2.24, 2.45) is 11.8 Å². The SMILES string of the molecule is COc1ccc(C(C)(C)C)cc1CN[C@H]1[C@H](C(C)(C)OC)[C@@H](C(=O)O)N(C(=O)C2CCCCC2)[C@H]1c1cccnc1N(C)C. The Morgan fingerprint density at radius 2 is 1.75 bits per heavy atom. The Morgan fingerprint density at radius 1 is 1.07 bits per heavy atom. The summed E-state index contributed by atoms with van der Waals surface area (Å²) in [5, 5.41) is 14.7. The van der Waals surface area contributed by atoms with Crippen molar-refractivity contribution < 1.29 is 24.2 Å². The minimum atomic E-state index is -1.10. The number of nitrogens with one attached hydrogen (secondary N) is 1. The van der Waals surface area contributed by atoms with Gasteiger partial charge in [0.1, 0.15) is 17.6 Å². The Balaban J connectivity index is 1.91. The van der Waals surface area contributed by atoms with Gasteiger partial charge in [-0.3, -0.25) is 4.79 Å². The van der Waals surface area contributed by atoms with Crippen LogP contribution < -0.4 is 15.0 Å². The lowest BCUT2D eigenvalue weighted by Gasteiger charge is -2.37. The molecule has 1 saturated heterocycles. The summed E-state index contributed by atoms with van der Waals surface area (Å²) >= 11 is 0. The van der Waals surface area contributed by atoms with Crippen LogP contribution in [0.15, 0.2) is 36.5 Å². The number of carboxylic acid groups (broad SMARTS) is 1. The normalized spacial score (nSPS) is 23.1. The third kappa shape index (κ3) is 6.74. The lowest BCUT2D eigenvalue weighted by atomic mass is 9.79. The summed E-state index contributed by atoms with van der Waals surface area (Å²) < 4.78 is 11.8. The van der Waals surface area contributed by atoms with Gasteiger partial charge in [-0.25, -0.2) is 9.78 Å². The molecule has 9 heteroatoms. The number of ether oxygens (including phenoxy) is 2. The molecule has 1 aliphatic carbocycles. The van der Waals surface area contributed by atoms with Gasteiger partial charge in [-0.05, 0) is 49.8 Å². The fraction of sp³-hybridized carbons (Fsp3) is 0.629. The van der Waals surface area contributed by atoms with Crippen molar-refractivity contribution in [1.29, 1.82) is 0 Å². The van der Waals surface area contributed by atoms with Crippen molar-refractivity contribution in [2.75, 3.05) is 33.2 Å². The van der Waals surface area contributed by atoms with Crippen molar-refractivity contribution in [2.45, 2.75) is 102 Å². The number of carboxylic acids is 1. The Labute approximate surface area is 263 Å². The zero-order valence-electron chi connectivity index (χ0n) is 28.0. The van der Waals surface area contributed by atoms with E-state index in [-0.39, 0.29) is 17.2 Å². The van der Waals surface area contributed by atoms with Gasteiger partial charge in [-0.1, -0.05) is 58.2 Å². The van der Waals surface area contributed by atoms with Gasteiger partial charge in [-0.15, -0.1) is 0 Å². The maximum Gasteiger partial charge on any atom is 0.326 e. The van der Waals surface area contributed by atoms with E-state index in [1.165, 1.54) is 5.56 Å². The molecule has 2 N–H and O–H groups in total. The third-order valence-corrected chi connectivity index (χ3v) is 9.69. The number of anilines is 1. The number of rotatable bonds is 10. The van der Waals surface area contributed by atoms with Crippen LogP contribution in [-0.2, 0) is 26.3 Å². The van der Waals surface area contributed by atoms with E-state index < -0.39 is 35.6 Å². The number of hydrogen-bond acceptors (Lipinski definition) is 7. The van der Waals surface area contributed by atoms with Crippen molar-refractivity contribution in [3.8, 4) is 5.75 Å². The summed E-state index contributed by atoms with van der Waals surface area (Å²) in [5.41, 5.74) is 2.02. The first-order valence-corrected chi connectivity index (χ1v) is 15.9. The average Bonchev–Trinajstić information content (AvgIpc) is 3.35. The molecule has 1 amide bonds. The minimum Gasteiger partial charge on any atom is -0.496 e. The molecule has 9 nitrogen and oxygen atoms in total. The van der Waals surface area contributed by atoms with Crippen molar-refractivity contribution >= 4 is 17.7 Å². The minimum absolute atomic E-state index is 0.0641. The number of aromatic nitrogens is 1. The van der Waals surface area contributed by atoms with E-state index in [9.17, 15) is 14.7 Å². The van der Waals surface area contributed by atoms with Crippen LogP contribution in [0.1, 0.15) is 89.5 Å². The fourth-order valence-electron chi connectivity index (χ4n) is 7.17. The number of pyridine rings is 1. The number of aliphatic carboxylic acids is 1. The Morgan fingerprint density at radius 3 is 2.32 bits per heavy atom. The first-order chi connectivity index (χ1) is 20.7. The summed E-state index contributed by atoms with van der Waals surface area (Å²) in [6.45, 7) is 10.8. The van der Waals surface area contributed by atoms with Gasteiger partial charge in [-0.2, -0.15) is 0 Å². The molecule has 1 saturated carbocycles. The fourth-order valence-corrected chi connectivity index (χ4v) is 7.17. The zero-order chi connectivity index (χ0) is 32.4. The second-order valence-electron chi connectivity index (χ2n) is 14.1. The number of carbonyl (C=O) groups excluding carboxylic acids is 1. The molecule has 242 valence electrons. The van der Waals surface area contributed by atoms with Gasteiger partial charge in [0.25, 0.3) is 0 Å². The molecule has 2 heterocycles. The monoisotopic (exact) mass is 608 g/mol. The summed E-state index contributed by atoms with van der Waals surface area (Å²) in [6, 6.07) is 7.92. The van der Waals surface area contributed by atoms with Gasteiger partial charge in [0.15, 0.2) is 0 Å². The number of likely N-dealkylation sites (tertiary alicyclic amines) is 1. The van der Waals surface area contributed by atoms with Crippen molar-refractivity contribution in [3.63, 3.8) is 0 Å². The summed E-state index contributed by atoms with van der Waals surface area (Å²) in [5.74, 6) is -0.443. The molecule has 2 aliphatic rings. The van der Waals surface area contributed by atoms with Gasteiger partial charge in [0.05, 0.1) is 18.8 Å². The lowest BCUT2D eigenvalue weighted by molar-refractivity contribution is -0.156. The van der Waals surface area contributed by atoms with Crippen LogP contribution >= 0.6 is 0 Å². The maximum atomic E-state index is 14.6. The quantitative estimate of drug-likeness (QED) is 0.361. The van der Waals surface area contributed by atoms with Crippen LogP contribution in [0.2, 0.25) is 0 Å². The predicted octanol–water partition coefficient (Wildman–Crippen LogP) is 5.57. The molecule has 4 rings (SSSR count). The highest BCUT2D eigenvalue weighted by Gasteiger charge is 2.60. The van der Waals surface area contributed by atoms with Crippen LogP contribution in [0.3, 0.4) is 0 Å². The molecule has 0 spiro atoms. The highest BCUT2D eigenvalue weighted by atomic mass is 16.5. The second kappa shape index (κ2) is 13.4. The second-order valence-corrected chi connectivity index (χ2v) is 14.1. The highest BCUT2D eigenvalue weighted by Crippen LogP contribution is 2.49. The molecule has 2 fully saturated rings. The number of methoxy groups -OCH3 is 2. The first kappa shape index (κ1) is 33.7. The largest absolute Gasteiger partial charge is 0.496 e. The molecule has 44 heavy (non-hydrogen) atoms. The van der Waals surface area contributed by atoms with E-state index in [2.05, 4.69) is 43.2 Å². The molecule has 0 unspecified atom stereocenters. The average molecular weight is 609 g/mol. The topological polar surface area (TPSA) is 104 Å². The van der Waals surface area contributed by atoms with Crippen LogP contribution in [0, 0.1) is 11.8 Å². The summed E-state index contributed by atoms with van der Waals surface area (Å²) in [6.07, 6.45) is 6.33. The van der Waals surface area contributed by atoms with Crippen LogP contribution in [0.5, 0.6) is 5.75 Å². The highest BCUT2D eigenvalue weighted by molar-refractivity contribution is 5.87. The molecule has 0 radical (unpaired) electrons. The summed E-state index contributed by atoms with van der Waals surface area (Å²) in [4.78, 5) is 36.2. The smallest absolute Gasteiger partial charge is 0.326 e. The predicted molar refractivity (Wildman–Crippen MR) is 173 cm³/mol. The molecular weight excluding hydrogens is 556 g/mol. The molecule has 2 aromatic rings. The molecule has 1 aliphatic heterocycles. The van der Waals surface area contributed by atoms with Crippen LogP contribution in [0.25, 0.3) is 0 Å². The van der Waals surface area contributed by atoms with Crippen LogP contribution in [0.4, 0.5) is 5.82 Å². The Kier molecular flexibility index (Phi) is 10.3. The number of carbonyl (C=O) groups is 2. The van der Waals surface area contributed by atoms with Crippen LogP contribution in [-0.4, -0.2) is 72.9 Å². The number of nitrogens with zero attached hydrogens (tertiary/aromatic N) is 3. The van der Waals surface area contributed by atoms with E-state index in [4.69, 9.17) is 9.47 Å². The first-order valence-electron chi connectivity index (χ1n) is 15.9. The van der Waals surface area contributed by atoms with E-state index in [1.54, 1.807) is 25.3 Å². The van der Waals surface area contributed by atoms with E-state index in [0.29, 0.717) is 12.4 Å². The standard InChI is InChI=1S/C35H52N4O5/c1-34(2,3)24-17-18-26(43-8)23(20-24)21-37-28-27(35(4,5)44-9)30(33(41)42)39(32(40)22-14-11-10-12-15-22)29(28)25-16-13-19-36-31(25)38(6)7/h13,16-20,22,27-30,37H,10-12,14-15,21H2,1-9H3,(H,41,42)/t27-,28-,29-,30-/m0/s1. The van der Waals surface area contributed by atoms with E-state index in [1.807, 2.05) is 51.0 Å². The van der Waals surface area contributed by atoms with Gasteiger partial charge in [0, 0.05) is 63.0 Å². The van der Waals surface area contributed by atoms with E-state index >= 15 is 0 Å². The lowest BCUT2D eigenvalue weighted by Crippen LogP contribution is -2.53. The molecule has 0 bridgehead atoms. The number of benzene rings is 1. The zero-order valence-corrected chi connectivity index (χ0v) is 28.0. The number of amides is 1. The Bertz CT molecular complexity index is 1310. The molecule has 1 aromatic carbocycles. The van der Waals surface area contributed by atoms with Crippen molar-refractivity contribution in [3.05, 3.63) is 53.2 Å². The number of hydrogen-bond donors (Lipinski definition) is 2. The molecule has 1 aromatic heterocycles.